The van der Waals surface area contributed by atoms with Crippen LogP contribution in [0.5, 0.6) is 0 Å². The SMILES string of the molecule is CC(C)(C)OC(=O)N(CCN)CC(=O)Nc1cccc2c1CN(C1CCC(=O)NC1=O)C2=O. The van der Waals surface area contributed by atoms with Crippen molar-refractivity contribution in [3.8, 4) is 0 Å². The maximum Gasteiger partial charge on any atom is 0.410 e. The van der Waals surface area contributed by atoms with Crippen LogP contribution < -0.4 is 16.4 Å². The van der Waals surface area contributed by atoms with E-state index in [4.69, 9.17) is 10.5 Å². The number of hydrogen-bond acceptors (Lipinski definition) is 7. The van der Waals surface area contributed by atoms with E-state index in [1.807, 2.05) is 0 Å². The Hall–Kier alpha value is -3.47. The smallest absolute Gasteiger partial charge is 0.410 e. The van der Waals surface area contributed by atoms with E-state index in [-0.39, 0.29) is 50.8 Å². The number of imide groups is 1. The Bertz CT molecular complexity index is 986. The first-order chi connectivity index (χ1) is 15.5. The number of amides is 5. The second-order valence-electron chi connectivity index (χ2n) is 8.97. The first kappa shape index (κ1) is 24.2. The zero-order valence-electron chi connectivity index (χ0n) is 19.0. The number of nitrogens with two attached hydrogens (primary N) is 1. The third-order valence-electron chi connectivity index (χ3n) is 5.24. The molecule has 1 atom stereocenters. The van der Waals surface area contributed by atoms with Gasteiger partial charge in [-0.2, -0.15) is 0 Å². The van der Waals surface area contributed by atoms with Crippen LogP contribution in [0.1, 0.15) is 49.5 Å². The van der Waals surface area contributed by atoms with Crippen LogP contribution in [0.4, 0.5) is 10.5 Å². The Morgan fingerprint density at radius 2 is 2.00 bits per heavy atom. The number of nitrogens with zero attached hydrogens (tertiary/aromatic N) is 2. The molecule has 0 spiro atoms. The van der Waals surface area contributed by atoms with Gasteiger partial charge in [-0.1, -0.05) is 6.07 Å². The lowest BCUT2D eigenvalue weighted by Crippen LogP contribution is -2.52. The highest BCUT2D eigenvalue weighted by Crippen LogP contribution is 2.32. The molecule has 0 saturated carbocycles. The Morgan fingerprint density at radius 1 is 1.27 bits per heavy atom. The summed E-state index contributed by atoms with van der Waals surface area (Å²) in [5.41, 5.74) is 6.22. The van der Waals surface area contributed by atoms with E-state index in [1.54, 1.807) is 39.0 Å². The van der Waals surface area contributed by atoms with Crippen molar-refractivity contribution in [2.75, 3.05) is 25.0 Å². The molecular formula is C22H29N5O6. The van der Waals surface area contributed by atoms with Crippen molar-refractivity contribution in [3.05, 3.63) is 29.3 Å². The first-order valence-electron chi connectivity index (χ1n) is 10.7. The summed E-state index contributed by atoms with van der Waals surface area (Å²) in [6.07, 6.45) is -0.252. The number of hydrogen-bond donors (Lipinski definition) is 3. The molecule has 5 amide bonds. The number of benzene rings is 1. The topological polar surface area (TPSA) is 151 Å². The second kappa shape index (κ2) is 9.57. The molecule has 11 heteroatoms. The number of ether oxygens (including phenoxy) is 1. The van der Waals surface area contributed by atoms with Crippen LogP contribution in [0.2, 0.25) is 0 Å². The molecule has 2 heterocycles. The van der Waals surface area contributed by atoms with Gasteiger partial charge in [0.1, 0.15) is 18.2 Å². The standard InChI is InChI=1S/C22H29N5O6/c1-22(2,3)33-21(32)26(10-9-23)12-18(29)24-15-6-4-5-13-14(15)11-27(20(13)31)16-7-8-17(28)25-19(16)30/h4-6,16H,7-12,23H2,1-3H3,(H,24,29)(H,25,28,30). The minimum atomic E-state index is -0.752. The minimum Gasteiger partial charge on any atom is -0.444 e. The lowest BCUT2D eigenvalue weighted by molar-refractivity contribution is -0.137. The van der Waals surface area contributed by atoms with Crippen LogP contribution in [0.15, 0.2) is 18.2 Å². The Morgan fingerprint density at radius 3 is 2.64 bits per heavy atom. The molecule has 178 valence electrons. The van der Waals surface area contributed by atoms with E-state index in [1.165, 1.54) is 9.80 Å². The summed E-state index contributed by atoms with van der Waals surface area (Å²) in [4.78, 5) is 64.3. The van der Waals surface area contributed by atoms with E-state index in [0.717, 1.165) is 0 Å². The predicted octanol–water partition coefficient (Wildman–Crippen LogP) is 0.582. The Kier molecular flexibility index (Phi) is 7.01. The molecule has 1 aromatic carbocycles. The highest BCUT2D eigenvalue weighted by atomic mass is 16.6. The molecule has 1 unspecified atom stereocenters. The van der Waals surface area contributed by atoms with Gasteiger partial charge in [-0.25, -0.2) is 4.79 Å². The van der Waals surface area contributed by atoms with Gasteiger partial charge < -0.3 is 20.7 Å². The monoisotopic (exact) mass is 459 g/mol. The van der Waals surface area contributed by atoms with E-state index in [9.17, 15) is 24.0 Å². The van der Waals surface area contributed by atoms with Gasteiger partial charge in [0, 0.05) is 42.9 Å². The highest BCUT2D eigenvalue weighted by Gasteiger charge is 2.40. The number of carbonyl (C=O) groups is 5. The van der Waals surface area contributed by atoms with Crippen LogP contribution in [0, 0.1) is 0 Å². The summed E-state index contributed by atoms with van der Waals surface area (Å²) < 4.78 is 5.33. The Labute approximate surface area is 191 Å². The van der Waals surface area contributed by atoms with Gasteiger partial charge in [-0.3, -0.25) is 29.4 Å². The van der Waals surface area contributed by atoms with Gasteiger partial charge in [-0.05, 0) is 39.3 Å². The first-order valence-corrected chi connectivity index (χ1v) is 10.7. The van der Waals surface area contributed by atoms with E-state index < -0.39 is 29.6 Å². The average molecular weight is 460 g/mol. The molecule has 0 aliphatic carbocycles. The van der Waals surface area contributed by atoms with Crippen molar-refractivity contribution in [2.45, 2.75) is 51.8 Å². The van der Waals surface area contributed by atoms with Crippen molar-refractivity contribution in [1.82, 2.24) is 15.1 Å². The van der Waals surface area contributed by atoms with Crippen molar-refractivity contribution in [2.24, 2.45) is 5.73 Å². The lowest BCUT2D eigenvalue weighted by atomic mass is 10.0. The van der Waals surface area contributed by atoms with Crippen molar-refractivity contribution >= 4 is 35.4 Å². The second-order valence-corrected chi connectivity index (χ2v) is 8.97. The van der Waals surface area contributed by atoms with Crippen molar-refractivity contribution in [1.29, 1.82) is 0 Å². The Balaban J connectivity index is 1.72. The largest absolute Gasteiger partial charge is 0.444 e. The lowest BCUT2D eigenvalue weighted by Gasteiger charge is -2.29. The molecule has 2 aliphatic heterocycles. The fraction of sp³-hybridized carbons (Fsp3) is 0.500. The zero-order valence-corrected chi connectivity index (χ0v) is 19.0. The van der Waals surface area contributed by atoms with Gasteiger partial charge in [-0.15, -0.1) is 0 Å². The van der Waals surface area contributed by atoms with Gasteiger partial charge in [0.25, 0.3) is 5.91 Å². The summed E-state index contributed by atoms with van der Waals surface area (Å²) in [6.45, 7) is 5.31. The molecule has 1 fully saturated rings. The number of anilines is 1. The summed E-state index contributed by atoms with van der Waals surface area (Å²) in [5, 5.41) is 5.01. The van der Waals surface area contributed by atoms with Gasteiger partial charge >= 0.3 is 6.09 Å². The fourth-order valence-corrected chi connectivity index (χ4v) is 3.78. The molecule has 0 radical (unpaired) electrons. The van der Waals surface area contributed by atoms with Crippen molar-refractivity contribution < 1.29 is 28.7 Å². The third kappa shape index (κ3) is 5.67. The third-order valence-corrected chi connectivity index (χ3v) is 5.24. The number of carbonyl (C=O) groups excluding carboxylic acids is 5. The molecule has 33 heavy (non-hydrogen) atoms. The summed E-state index contributed by atoms with van der Waals surface area (Å²) in [5.74, 6) is -1.68. The zero-order chi connectivity index (χ0) is 24.3. The maximum atomic E-state index is 12.9. The molecule has 2 aliphatic rings. The van der Waals surface area contributed by atoms with Crippen LogP contribution in [0.3, 0.4) is 0 Å². The molecule has 0 aromatic heterocycles. The molecule has 1 aromatic rings. The van der Waals surface area contributed by atoms with Gasteiger partial charge in [0.15, 0.2) is 0 Å². The molecule has 4 N–H and O–H groups in total. The molecular weight excluding hydrogens is 430 g/mol. The average Bonchev–Trinajstić information content (AvgIpc) is 3.04. The normalized spacial score (nSPS) is 18.0. The van der Waals surface area contributed by atoms with Crippen LogP contribution >= 0.6 is 0 Å². The van der Waals surface area contributed by atoms with Crippen LogP contribution in [-0.4, -0.2) is 70.8 Å². The molecule has 3 rings (SSSR count). The molecule has 0 bridgehead atoms. The maximum absolute atomic E-state index is 12.9. The predicted molar refractivity (Wildman–Crippen MR) is 118 cm³/mol. The van der Waals surface area contributed by atoms with E-state index in [0.29, 0.717) is 16.8 Å². The number of fused-ring (bicyclic) bond motifs is 1. The molecule has 11 nitrogen and oxygen atoms in total. The summed E-state index contributed by atoms with van der Waals surface area (Å²) >= 11 is 0. The van der Waals surface area contributed by atoms with Crippen molar-refractivity contribution in [3.63, 3.8) is 0 Å². The number of piperidine rings is 1. The fourth-order valence-electron chi connectivity index (χ4n) is 3.78. The van der Waals surface area contributed by atoms with Gasteiger partial charge in [0.05, 0.1) is 0 Å². The van der Waals surface area contributed by atoms with Gasteiger partial charge in [0.2, 0.25) is 17.7 Å². The summed E-state index contributed by atoms with van der Waals surface area (Å²) in [6, 6.07) is 4.16. The molecule has 1 saturated heterocycles. The summed E-state index contributed by atoms with van der Waals surface area (Å²) in [7, 11) is 0. The minimum absolute atomic E-state index is 0.121. The number of nitrogens with one attached hydrogen (secondary N) is 2. The van der Waals surface area contributed by atoms with E-state index in [2.05, 4.69) is 10.6 Å². The van der Waals surface area contributed by atoms with Crippen LogP contribution in [-0.2, 0) is 25.7 Å². The quantitative estimate of drug-likeness (QED) is 0.526. The van der Waals surface area contributed by atoms with E-state index >= 15 is 0 Å². The van der Waals surface area contributed by atoms with Crippen LogP contribution in [0.25, 0.3) is 0 Å². The highest BCUT2D eigenvalue weighted by molar-refractivity contribution is 6.07. The number of rotatable bonds is 6.